The number of nitrogens with one attached hydrogen (secondary N) is 2. The predicted octanol–water partition coefficient (Wildman–Crippen LogP) is 4.19. The van der Waals surface area contributed by atoms with Crippen LogP contribution in [0.4, 0.5) is 17.5 Å². The summed E-state index contributed by atoms with van der Waals surface area (Å²) in [6.07, 6.45) is 6.91. The minimum Gasteiger partial charge on any atom is -0.367 e. The van der Waals surface area contributed by atoms with E-state index in [2.05, 4.69) is 52.6 Å². The third kappa shape index (κ3) is 3.72. The van der Waals surface area contributed by atoms with Gasteiger partial charge in [0.2, 0.25) is 5.95 Å². The second kappa shape index (κ2) is 6.12. The lowest BCUT2D eigenvalue weighted by atomic mass is 10.1. The van der Waals surface area contributed by atoms with Crippen molar-refractivity contribution in [3.05, 3.63) is 41.6 Å². The molecule has 0 saturated heterocycles. The van der Waals surface area contributed by atoms with E-state index >= 15 is 0 Å². The van der Waals surface area contributed by atoms with Crippen molar-refractivity contribution in [3.8, 4) is 0 Å². The summed E-state index contributed by atoms with van der Waals surface area (Å²) in [6, 6.07) is 8.87. The van der Waals surface area contributed by atoms with Crippen molar-refractivity contribution >= 4 is 17.5 Å². The van der Waals surface area contributed by atoms with E-state index < -0.39 is 0 Å². The average Bonchev–Trinajstić information content (AvgIpc) is 2.90. The molecule has 0 bridgehead atoms. The number of aryl methyl sites for hydroxylation is 2. The maximum Gasteiger partial charge on any atom is 0.229 e. The molecule has 2 aromatic rings. The molecule has 0 amide bonds. The molecule has 1 aliphatic carbocycles. The molecule has 0 aliphatic heterocycles. The lowest BCUT2D eigenvalue weighted by Crippen LogP contribution is -2.15. The van der Waals surface area contributed by atoms with E-state index in [-0.39, 0.29) is 0 Å². The van der Waals surface area contributed by atoms with Gasteiger partial charge in [-0.05, 0) is 56.0 Å². The highest BCUT2D eigenvalue weighted by atomic mass is 15.1. The summed E-state index contributed by atoms with van der Waals surface area (Å²) in [4.78, 5) is 8.86. The van der Waals surface area contributed by atoms with E-state index in [1.807, 2.05) is 6.07 Å². The van der Waals surface area contributed by atoms with Gasteiger partial charge < -0.3 is 10.6 Å². The van der Waals surface area contributed by atoms with Gasteiger partial charge in [-0.2, -0.15) is 4.98 Å². The summed E-state index contributed by atoms with van der Waals surface area (Å²) in [5, 5.41) is 6.79. The molecule has 4 heteroatoms. The fourth-order valence-corrected chi connectivity index (χ4v) is 2.95. The molecule has 1 aromatic heterocycles. The summed E-state index contributed by atoms with van der Waals surface area (Å²) in [5.41, 5.74) is 3.50. The molecule has 1 fully saturated rings. The van der Waals surface area contributed by atoms with Crippen molar-refractivity contribution in [2.75, 3.05) is 10.6 Å². The van der Waals surface area contributed by atoms with Crippen molar-refractivity contribution < 1.29 is 0 Å². The number of rotatable bonds is 4. The minimum absolute atomic E-state index is 0.564. The van der Waals surface area contributed by atoms with Gasteiger partial charge in [0.25, 0.3) is 0 Å². The molecule has 3 rings (SSSR count). The first-order chi connectivity index (χ1) is 10.2. The van der Waals surface area contributed by atoms with Crippen molar-refractivity contribution in [3.63, 3.8) is 0 Å². The van der Waals surface area contributed by atoms with Gasteiger partial charge in [0.15, 0.2) is 0 Å². The van der Waals surface area contributed by atoms with Gasteiger partial charge in [0, 0.05) is 17.9 Å². The van der Waals surface area contributed by atoms with Gasteiger partial charge >= 0.3 is 0 Å². The normalized spacial score (nSPS) is 15.1. The third-order valence-electron chi connectivity index (χ3n) is 3.84. The molecule has 0 radical (unpaired) electrons. The molecule has 2 N–H and O–H groups in total. The highest BCUT2D eigenvalue weighted by Crippen LogP contribution is 2.22. The van der Waals surface area contributed by atoms with Crippen LogP contribution in [0.1, 0.15) is 36.8 Å². The highest BCUT2D eigenvalue weighted by Gasteiger charge is 2.15. The van der Waals surface area contributed by atoms with Crippen LogP contribution < -0.4 is 10.6 Å². The van der Waals surface area contributed by atoms with Crippen LogP contribution >= 0.6 is 0 Å². The number of hydrogen-bond acceptors (Lipinski definition) is 4. The third-order valence-corrected chi connectivity index (χ3v) is 3.84. The van der Waals surface area contributed by atoms with E-state index in [0.717, 1.165) is 11.5 Å². The monoisotopic (exact) mass is 282 g/mol. The van der Waals surface area contributed by atoms with Gasteiger partial charge in [-0.15, -0.1) is 0 Å². The summed E-state index contributed by atoms with van der Waals surface area (Å²) < 4.78 is 0. The average molecular weight is 282 g/mol. The smallest absolute Gasteiger partial charge is 0.229 e. The summed E-state index contributed by atoms with van der Waals surface area (Å²) in [7, 11) is 0. The Kier molecular flexibility index (Phi) is 4.04. The van der Waals surface area contributed by atoms with Gasteiger partial charge in [-0.1, -0.05) is 18.9 Å². The van der Waals surface area contributed by atoms with Gasteiger partial charge in [0.05, 0.1) is 0 Å². The topological polar surface area (TPSA) is 49.8 Å². The zero-order valence-corrected chi connectivity index (χ0v) is 12.7. The van der Waals surface area contributed by atoms with E-state index in [0.29, 0.717) is 12.0 Å². The lowest BCUT2D eigenvalue weighted by Gasteiger charge is -2.13. The first-order valence-corrected chi connectivity index (χ1v) is 7.64. The van der Waals surface area contributed by atoms with Crippen LogP contribution in [0.15, 0.2) is 30.5 Å². The first-order valence-electron chi connectivity index (χ1n) is 7.64. The molecule has 0 atom stereocenters. The Hall–Kier alpha value is -2.10. The molecule has 4 nitrogen and oxygen atoms in total. The summed E-state index contributed by atoms with van der Waals surface area (Å²) in [6.45, 7) is 4.19. The van der Waals surface area contributed by atoms with Crippen LogP contribution in [-0.4, -0.2) is 16.0 Å². The summed E-state index contributed by atoms with van der Waals surface area (Å²) >= 11 is 0. The Labute approximate surface area is 126 Å². The number of hydrogen-bond donors (Lipinski definition) is 2. The second-order valence-corrected chi connectivity index (χ2v) is 5.89. The Morgan fingerprint density at radius 2 is 1.76 bits per heavy atom. The quantitative estimate of drug-likeness (QED) is 0.882. The summed E-state index contributed by atoms with van der Waals surface area (Å²) in [5.74, 6) is 1.55. The first kappa shape index (κ1) is 13.9. The van der Waals surface area contributed by atoms with E-state index in [9.17, 15) is 0 Å². The second-order valence-electron chi connectivity index (χ2n) is 5.89. The van der Waals surface area contributed by atoms with Gasteiger partial charge in [-0.3, -0.25) is 0 Å². The molecule has 110 valence electrons. The molecular formula is C17H22N4. The number of anilines is 3. The van der Waals surface area contributed by atoms with Crippen LogP contribution in [0.5, 0.6) is 0 Å². The molecular weight excluding hydrogens is 260 g/mol. The maximum absolute atomic E-state index is 4.56. The Bertz CT molecular complexity index is 598. The zero-order chi connectivity index (χ0) is 14.7. The number of nitrogens with zero attached hydrogens (tertiary/aromatic N) is 2. The van der Waals surface area contributed by atoms with E-state index in [1.54, 1.807) is 6.20 Å². The number of aromatic nitrogens is 2. The lowest BCUT2D eigenvalue weighted by molar-refractivity contribution is 0.750. The molecule has 0 spiro atoms. The predicted molar refractivity (Wildman–Crippen MR) is 87.1 cm³/mol. The van der Waals surface area contributed by atoms with Crippen molar-refractivity contribution in [2.24, 2.45) is 0 Å². The molecule has 21 heavy (non-hydrogen) atoms. The fourth-order valence-electron chi connectivity index (χ4n) is 2.95. The molecule has 0 unspecified atom stereocenters. The molecule has 1 saturated carbocycles. The van der Waals surface area contributed by atoms with Crippen LogP contribution in [0.2, 0.25) is 0 Å². The van der Waals surface area contributed by atoms with Gasteiger partial charge in [-0.25, -0.2) is 4.98 Å². The Balaban J connectivity index is 1.73. The highest BCUT2D eigenvalue weighted by molar-refractivity contribution is 5.57. The SMILES string of the molecule is Cc1cc(C)cc(Nc2nccc(NC3CCCC3)n2)c1. The Morgan fingerprint density at radius 1 is 1.05 bits per heavy atom. The van der Waals surface area contributed by atoms with Gasteiger partial charge in [0.1, 0.15) is 5.82 Å². The van der Waals surface area contributed by atoms with Crippen molar-refractivity contribution in [1.29, 1.82) is 0 Å². The van der Waals surface area contributed by atoms with Crippen LogP contribution in [0.25, 0.3) is 0 Å². The van der Waals surface area contributed by atoms with Crippen molar-refractivity contribution in [2.45, 2.75) is 45.6 Å². The largest absolute Gasteiger partial charge is 0.367 e. The van der Waals surface area contributed by atoms with Crippen LogP contribution in [0, 0.1) is 13.8 Å². The maximum atomic E-state index is 4.56. The molecule has 1 heterocycles. The fraction of sp³-hybridized carbons (Fsp3) is 0.412. The van der Waals surface area contributed by atoms with Crippen LogP contribution in [0.3, 0.4) is 0 Å². The molecule has 1 aromatic carbocycles. The number of benzene rings is 1. The van der Waals surface area contributed by atoms with Crippen LogP contribution in [-0.2, 0) is 0 Å². The van der Waals surface area contributed by atoms with E-state index in [1.165, 1.54) is 36.8 Å². The Morgan fingerprint density at radius 3 is 2.48 bits per heavy atom. The molecule has 1 aliphatic rings. The van der Waals surface area contributed by atoms with Crippen molar-refractivity contribution in [1.82, 2.24) is 9.97 Å². The van der Waals surface area contributed by atoms with E-state index in [4.69, 9.17) is 0 Å². The minimum atomic E-state index is 0.564. The zero-order valence-electron chi connectivity index (χ0n) is 12.7. The standard InChI is InChI=1S/C17H22N4/c1-12-9-13(2)11-15(10-12)20-17-18-8-7-16(21-17)19-14-5-3-4-6-14/h7-11,14H,3-6H2,1-2H3,(H2,18,19,20,21).